The Balaban J connectivity index is 2.74. The van der Waals surface area contributed by atoms with E-state index >= 15 is 0 Å². The highest BCUT2D eigenvalue weighted by atomic mass is 35.5. The molecule has 0 aliphatic heterocycles. The summed E-state index contributed by atoms with van der Waals surface area (Å²) in [6.45, 7) is 5.12. The number of unbranched alkanes of at least 4 members (excludes halogenated alkanes) is 1. The lowest BCUT2D eigenvalue weighted by Crippen LogP contribution is -2.20. The first kappa shape index (κ1) is 14.1. The molecule has 1 N–H and O–H groups in total. The standard InChI is InChI=1S/C15H20ClN/c1-4-6-7-8-15(17-5-2)13-9-10-14(16)12(3)11-13/h1,9-11,15,17H,5-8H2,2-3H3. The minimum atomic E-state index is 0.379. The SMILES string of the molecule is C#CCCCC(NCC)c1ccc(Cl)c(C)c1. The number of hydrogen-bond acceptors (Lipinski definition) is 1. The van der Waals surface area contributed by atoms with Gasteiger partial charge in [-0.1, -0.05) is 30.7 Å². The van der Waals surface area contributed by atoms with E-state index in [1.807, 2.05) is 13.0 Å². The van der Waals surface area contributed by atoms with Crippen LogP contribution in [0.4, 0.5) is 0 Å². The number of halogens is 1. The van der Waals surface area contributed by atoms with Crippen LogP contribution in [-0.2, 0) is 0 Å². The molecule has 1 aromatic rings. The molecule has 1 atom stereocenters. The van der Waals surface area contributed by atoms with E-state index in [1.165, 1.54) is 5.56 Å². The molecule has 17 heavy (non-hydrogen) atoms. The van der Waals surface area contributed by atoms with E-state index < -0.39 is 0 Å². The molecule has 1 aromatic carbocycles. The first-order valence-electron chi connectivity index (χ1n) is 6.12. The van der Waals surface area contributed by atoms with Gasteiger partial charge >= 0.3 is 0 Å². The molecular weight excluding hydrogens is 230 g/mol. The number of hydrogen-bond donors (Lipinski definition) is 1. The third kappa shape index (κ3) is 4.42. The van der Waals surface area contributed by atoms with Crippen LogP contribution < -0.4 is 5.32 Å². The quantitative estimate of drug-likeness (QED) is 0.591. The maximum Gasteiger partial charge on any atom is 0.0435 e. The molecule has 0 aliphatic carbocycles. The monoisotopic (exact) mass is 249 g/mol. The molecule has 1 unspecified atom stereocenters. The summed E-state index contributed by atoms with van der Waals surface area (Å²) in [5, 5.41) is 4.32. The van der Waals surface area contributed by atoms with Gasteiger partial charge in [-0.3, -0.25) is 0 Å². The van der Waals surface area contributed by atoms with E-state index in [4.69, 9.17) is 18.0 Å². The van der Waals surface area contributed by atoms with Crippen LogP contribution in [0, 0.1) is 19.3 Å². The van der Waals surface area contributed by atoms with E-state index in [0.717, 1.165) is 36.4 Å². The average molecular weight is 250 g/mol. The van der Waals surface area contributed by atoms with Crippen molar-refractivity contribution in [3.8, 4) is 12.3 Å². The van der Waals surface area contributed by atoms with Gasteiger partial charge in [0.1, 0.15) is 0 Å². The first-order valence-corrected chi connectivity index (χ1v) is 6.49. The Labute approximate surface area is 110 Å². The topological polar surface area (TPSA) is 12.0 Å². The Hall–Kier alpha value is -0.970. The van der Waals surface area contributed by atoms with Gasteiger partial charge in [-0.25, -0.2) is 0 Å². The molecule has 1 rings (SSSR count). The van der Waals surface area contributed by atoms with E-state index in [0.29, 0.717) is 6.04 Å². The second-order valence-corrected chi connectivity index (χ2v) is 4.62. The molecule has 92 valence electrons. The third-order valence-electron chi connectivity index (χ3n) is 2.85. The number of rotatable bonds is 6. The van der Waals surface area contributed by atoms with Gasteiger partial charge in [0.15, 0.2) is 0 Å². The molecule has 0 saturated heterocycles. The fourth-order valence-corrected chi connectivity index (χ4v) is 2.04. The Morgan fingerprint density at radius 2 is 2.24 bits per heavy atom. The maximum absolute atomic E-state index is 6.04. The number of terminal acetylenes is 1. The van der Waals surface area contributed by atoms with Crippen LogP contribution in [0.25, 0.3) is 0 Å². The molecule has 2 heteroatoms. The van der Waals surface area contributed by atoms with Crippen LogP contribution in [0.5, 0.6) is 0 Å². The summed E-state index contributed by atoms with van der Waals surface area (Å²) in [4.78, 5) is 0. The van der Waals surface area contributed by atoms with Gasteiger partial charge in [-0.15, -0.1) is 12.3 Å². The molecular formula is C15H20ClN. The Kier molecular flexibility index (Phi) is 6.11. The molecule has 0 aromatic heterocycles. The average Bonchev–Trinajstić information content (AvgIpc) is 2.32. The molecule has 0 saturated carbocycles. The summed E-state index contributed by atoms with van der Waals surface area (Å²) < 4.78 is 0. The van der Waals surface area contributed by atoms with Crippen molar-refractivity contribution in [2.45, 2.75) is 39.2 Å². The fourth-order valence-electron chi connectivity index (χ4n) is 1.93. The van der Waals surface area contributed by atoms with Gasteiger partial charge in [0.05, 0.1) is 0 Å². The van der Waals surface area contributed by atoms with Crippen molar-refractivity contribution in [2.24, 2.45) is 0 Å². The van der Waals surface area contributed by atoms with Crippen molar-refractivity contribution < 1.29 is 0 Å². The van der Waals surface area contributed by atoms with Crippen LogP contribution in [0.15, 0.2) is 18.2 Å². The predicted octanol–water partition coefficient (Wildman–Crippen LogP) is 4.10. The van der Waals surface area contributed by atoms with Crippen LogP contribution in [0.1, 0.15) is 43.4 Å². The first-order chi connectivity index (χ1) is 8.19. The zero-order chi connectivity index (χ0) is 12.7. The Morgan fingerprint density at radius 3 is 2.82 bits per heavy atom. The molecule has 0 fully saturated rings. The summed E-state index contributed by atoms with van der Waals surface area (Å²) in [5.41, 5.74) is 2.43. The van der Waals surface area contributed by atoms with Gasteiger partial charge in [-0.2, -0.15) is 0 Å². The van der Waals surface area contributed by atoms with E-state index in [2.05, 4.69) is 30.3 Å². The van der Waals surface area contributed by atoms with Crippen LogP contribution in [0.3, 0.4) is 0 Å². The zero-order valence-electron chi connectivity index (χ0n) is 10.6. The summed E-state index contributed by atoms with van der Waals surface area (Å²) >= 11 is 6.04. The Morgan fingerprint density at radius 1 is 1.47 bits per heavy atom. The molecule has 0 amide bonds. The molecule has 0 radical (unpaired) electrons. The van der Waals surface area contributed by atoms with Crippen LogP contribution in [0.2, 0.25) is 5.02 Å². The molecule has 0 spiro atoms. The van der Waals surface area contributed by atoms with E-state index in [1.54, 1.807) is 0 Å². The molecule has 0 bridgehead atoms. The van der Waals surface area contributed by atoms with E-state index in [9.17, 15) is 0 Å². The van der Waals surface area contributed by atoms with Crippen molar-refractivity contribution >= 4 is 11.6 Å². The lowest BCUT2D eigenvalue weighted by atomic mass is 9.99. The van der Waals surface area contributed by atoms with Crippen LogP contribution >= 0.6 is 11.6 Å². The van der Waals surface area contributed by atoms with Crippen molar-refractivity contribution in [1.29, 1.82) is 0 Å². The summed E-state index contributed by atoms with van der Waals surface area (Å²) in [6, 6.07) is 6.60. The van der Waals surface area contributed by atoms with Gasteiger partial charge < -0.3 is 5.32 Å². The number of aryl methyl sites for hydroxylation is 1. The van der Waals surface area contributed by atoms with E-state index in [-0.39, 0.29) is 0 Å². The lowest BCUT2D eigenvalue weighted by molar-refractivity contribution is 0.501. The maximum atomic E-state index is 6.04. The smallest absolute Gasteiger partial charge is 0.0435 e. The predicted molar refractivity (Wildman–Crippen MR) is 75.3 cm³/mol. The normalized spacial score (nSPS) is 12.1. The van der Waals surface area contributed by atoms with Crippen molar-refractivity contribution in [3.63, 3.8) is 0 Å². The molecule has 1 nitrogen and oxygen atoms in total. The fraction of sp³-hybridized carbons (Fsp3) is 0.467. The third-order valence-corrected chi connectivity index (χ3v) is 3.27. The van der Waals surface area contributed by atoms with Gasteiger partial charge in [0.25, 0.3) is 0 Å². The second kappa shape index (κ2) is 7.37. The van der Waals surface area contributed by atoms with Crippen LogP contribution in [-0.4, -0.2) is 6.54 Å². The minimum absolute atomic E-state index is 0.379. The lowest BCUT2D eigenvalue weighted by Gasteiger charge is -2.18. The van der Waals surface area contributed by atoms with Gasteiger partial charge in [0.2, 0.25) is 0 Å². The molecule has 0 aliphatic rings. The second-order valence-electron chi connectivity index (χ2n) is 4.22. The van der Waals surface area contributed by atoms with Crippen molar-refractivity contribution in [3.05, 3.63) is 34.3 Å². The number of nitrogens with one attached hydrogen (secondary N) is 1. The van der Waals surface area contributed by atoms with Crippen molar-refractivity contribution in [1.82, 2.24) is 5.32 Å². The molecule has 0 heterocycles. The summed E-state index contributed by atoms with van der Waals surface area (Å²) in [5.74, 6) is 2.69. The summed E-state index contributed by atoms with van der Waals surface area (Å²) in [6.07, 6.45) is 8.25. The van der Waals surface area contributed by atoms with Gasteiger partial charge in [-0.05, 0) is 43.5 Å². The summed E-state index contributed by atoms with van der Waals surface area (Å²) in [7, 11) is 0. The minimum Gasteiger partial charge on any atom is -0.310 e. The Bertz CT molecular complexity index is 392. The zero-order valence-corrected chi connectivity index (χ0v) is 11.3. The van der Waals surface area contributed by atoms with Crippen molar-refractivity contribution in [2.75, 3.05) is 6.54 Å². The highest BCUT2D eigenvalue weighted by Gasteiger charge is 2.10. The highest BCUT2D eigenvalue weighted by Crippen LogP contribution is 2.24. The largest absolute Gasteiger partial charge is 0.310 e. The highest BCUT2D eigenvalue weighted by molar-refractivity contribution is 6.31. The van der Waals surface area contributed by atoms with Gasteiger partial charge in [0, 0.05) is 17.5 Å². The number of benzene rings is 1.